The van der Waals surface area contributed by atoms with E-state index in [9.17, 15) is 0 Å². The second kappa shape index (κ2) is 26.9. The van der Waals surface area contributed by atoms with Crippen LogP contribution in [0.2, 0.25) is 0 Å². The smallest absolute Gasteiger partial charge is 2.00 e. The van der Waals surface area contributed by atoms with Gasteiger partial charge in [-0.15, -0.1) is 0 Å². The van der Waals surface area contributed by atoms with Gasteiger partial charge in [-0.1, -0.05) is 0 Å². The molecule has 5 heteroatoms. The Bertz CT molecular complexity index is 7.61. The summed E-state index contributed by atoms with van der Waals surface area (Å²) in [4.78, 5) is 0. The molecule has 0 aliphatic rings. The van der Waals surface area contributed by atoms with Crippen molar-refractivity contribution < 1.29 is 76.2 Å². The normalized spacial score (nSPS) is 0. The van der Waals surface area contributed by atoms with Gasteiger partial charge in [0.2, 0.25) is 0 Å². The molecule has 0 aliphatic carbocycles. The molecule has 0 fully saturated rings. The SMILES string of the molecule is [Cu+2].[Na+].[Na+].[S-2].[S-2]. The van der Waals surface area contributed by atoms with Crippen LogP contribution in [0.25, 0.3) is 0 Å². The molecule has 0 N–H and O–H groups in total. The summed E-state index contributed by atoms with van der Waals surface area (Å²) in [6.45, 7) is 0. The van der Waals surface area contributed by atoms with E-state index < -0.39 is 0 Å². The maximum atomic E-state index is 0. The van der Waals surface area contributed by atoms with Crippen LogP contribution in [-0.2, 0) is 44.1 Å². The van der Waals surface area contributed by atoms with Gasteiger partial charge in [0.15, 0.2) is 0 Å². The van der Waals surface area contributed by atoms with Gasteiger partial charge in [0.25, 0.3) is 0 Å². The first-order chi connectivity index (χ1) is 0. The zero-order valence-electron chi connectivity index (χ0n) is 3.12. The van der Waals surface area contributed by atoms with Gasteiger partial charge < -0.3 is 27.0 Å². The van der Waals surface area contributed by atoms with Gasteiger partial charge in [0.1, 0.15) is 0 Å². The molecule has 0 saturated heterocycles. The molecule has 0 heterocycles. The predicted octanol–water partition coefficient (Wildman–Crippen LogP) is -6.00. The molecule has 0 bridgehead atoms. The minimum Gasteiger partial charge on any atom is -2.00 e. The average molecular weight is 174 g/mol. The molecule has 0 unspecified atom stereocenters. The summed E-state index contributed by atoms with van der Waals surface area (Å²) in [7, 11) is 0. The van der Waals surface area contributed by atoms with Crippen LogP contribution in [0.5, 0.6) is 0 Å². The van der Waals surface area contributed by atoms with E-state index in [1.807, 2.05) is 0 Å². The minimum atomic E-state index is 0. The van der Waals surface area contributed by atoms with Crippen molar-refractivity contribution in [3.63, 3.8) is 0 Å². The molecule has 0 aromatic rings. The first kappa shape index (κ1) is 41.3. The van der Waals surface area contributed by atoms with Crippen LogP contribution < -0.4 is 59.1 Å². The van der Waals surface area contributed by atoms with Crippen molar-refractivity contribution >= 4 is 27.0 Å². The zero-order valence-corrected chi connectivity index (χ0v) is 9.69. The second-order valence-corrected chi connectivity index (χ2v) is 0. The molecule has 0 aliphatic heterocycles. The summed E-state index contributed by atoms with van der Waals surface area (Å²) in [6.07, 6.45) is 0. The summed E-state index contributed by atoms with van der Waals surface area (Å²) in [5.41, 5.74) is 0. The third-order valence-corrected chi connectivity index (χ3v) is 0. The quantitative estimate of drug-likeness (QED) is 0.320. The van der Waals surface area contributed by atoms with E-state index in [4.69, 9.17) is 0 Å². The fraction of sp³-hybridized carbons (Fsp3) is 0. The Kier molecular flexibility index (Phi) is 223. The fourth-order valence-corrected chi connectivity index (χ4v) is 0. The standard InChI is InChI=1S/Cu.2Na.2S/q+2;2*+1;2*-2. The molecular formula is CuNa2S2. The number of hydrogen-bond acceptors (Lipinski definition) is 0. The fourth-order valence-electron chi connectivity index (χ4n) is 0. The molecule has 0 amide bonds. The van der Waals surface area contributed by atoms with E-state index >= 15 is 0 Å². The molecule has 0 saturated carbocycles. The first-order valence-corrected chi connectivity index (χ1v) is 0. The molecule has 0 aromatic carbocycles. The van der Waals surface area contributed by atoms with Gasteiger partial charge >= 0.3 is 76.2 Å². The third-order valence-electron chi connectivity index (χ3n) is 0. The van der Waals surface area contributed by atoms with Gasteiger partial charge in [-0.05, 0) is 0 Å². The third kappa shape index (κ3) is 19.0. The van der Waals surface area contributed by atoms with E-state index in [2.05, 4.69) is 0 Å². The molecular weight excluding hydrogens is 174 g/mol. The zero-order chi connectivity index (χ0) is 0. The maximum absolute atomic E-state index is 0. The molecule has 0 spiro atoms. The van der Waals surface area contributed by atoms with Crippen LogP contribution in [0.3, 0.4) is 0 Å². The van der Waals surface area contributed by atoms with Crippen molar-refractivity contribution in [2.24, 2.45) is 0 Å². The monoisotopic (exact) mass is 173 g/mol. The van der Waals surface area contributed by atoms with Gasteiger partial charge in [-0.25, -0.2) is 0 Å². The maximum Gasteiger partial charge on any atom is 2.00 e. The summed E-state index contributed by atoms with van der Waals surface area (Å²) in [6, 6.07) is 0. The Labute approximate surface area is 101 Å². The Morgan fingerprint density at radius 2 is 0.600 bits per heavy atom. The van der Waals surface area contributed by atoms with E-state index in [0.29, 0.717) is 0 Å². The van der Waals surface area contributed by atoms with Crippen LogP contribution in [0, 0.1) is 0 Å². The Morgan fingerprint density at radius 3 is 0.600 bits per heavy atom. The molecule has 0 atom stereocenters. The van der Waals surface area contributed by atoms with Crippen molar-refractivity contribution in [2.75, 3.05) is 0 Å². The first-order valence-electron chi connectivity index (χ1n) is 0. The van der Waals surface area contributed by atoms with Crippen molar-refractivity contribution in [3.05, 3.63) is 0 Å². The summed E-state index contributed by atoms with van der Waals surface area (Å²) < 4.78 is 0. The van der Waals surface area contributed by atoms with Crippen molar-refractivity contribution in [1.82, 2.24) is 0 Å². The summed E-state index contributed by atoms with van der Waals surface area (Å²) >= 11 is 0. The van der Waals surface area contributed by atoms with Gasteiger partial charge in [0.05, 0.1) is 0 Å². The van der Waals surface area contributed by atoms with E-state index in [0.717, 1.165) is 0 Å². The Morgan fingerprint density at radius 1 is 0.600 bits per heavy atom. The summed E-state index contributed by atoms with van der Waals surface area (Å²) in [5.74, 6) is 0. The van der Waals surface area contributed by atoms with Crippen LogP contribution in [0.4, 0.5) is 0 Å². The molecule has 0 nitrogen and oxygen atoms in total. The van der Waals surface area contributed by atoms with Crippen molar-refractivity contribution in [3.8, 4) is 0 Å². The second-order valence-electron chi connectivity index (χ2n) is 0. The summed E-state index contributed by atoms with van der Waals surface area (Å²) in [5, 5.41) is 0. The molecule has 5 heavy (non-hydrogen) atoms. The Balaban J connectivity index is 0. The van der Waals surface area contributed by atoms with Crippen LogP contribution >= 0.6 is 0 Å². The van der Waals surface area contributed by atoms with E-state index in [1.165, 1.54) is 0 Å². The number of hydrogen-bond donors (Lipinski definition) is 0. The average Bonchev–Trinajstić information content (AvgIpc) is 0. The predicted molar refractivity (Wildman–Crippen MR) is 14.7 cm³/mol. The Hall–Kier alpha value is 3.22. The number of rotatable bonds is 0. The largest absolute Gasteiger partial charge is 2.00 e. The molecule has 25 valence electrons. The molecule has 0 rings (SSSR count). The van der Waals surface area contributed by atoms with Gasteiger partial charge in [0, 0.05) is 0 Å². The van der Waals surface area contributed by atoms with Crippen LogP contribution in [0.15, 0.2) is 0 Å². The minimum absolute atomic E-state index is 0. The van der Waals surface area contributed by atoms with Gasteiger partial charge in [-0.3, -0.25) is 0 Å². The van der Waals surface area contributed by atoms with Crippen molar-refractivity contribution in [2.45, 2.75) is 0 Å². The van der Waals surface area contributed by atoms with E-state index in [1.54, 1.807) is 0 Å². The van der Waals surface area contributed by atoms with Gasteiger partial charge in [-0.2, -0.15) is 0 Å². The van der Waals surface area contributed by atoms with Crippen LogP contribution in [0.1, 0.15) is 0 Å². The van der Waals surface area contributed by atoms with Crippen molar-refractivity contribution in [1.29, 1.82) is 0 Å². The van der Waals surface area contributed by atoms with E-state index in [-0.39, 0.29) is 103 Å². The molecule has 1 radical (unpaired) electrons. The van der Waals surface area contributed by atoms with Crippen LogP contribution in [-0.4, -0.2) is 0 Å². The topological polar surface area (TPSA) is 0 Å². The molecule has 0 aromatic heterocycles.